The number of aromatic nitrogens is 2. The molecule has 4 heterocycles. The Balaban J connectivity index is 1.21. The second-order valence-corrected chi connectivity index (χ2v) is 20.0. The maximum atomic E-state index is 17.1. The van der Waals surface area contributed by atoms with Crippen molar-refractivity contribution in [1.29, 1.82) is 0 Å². The van der Waals surface area contributed by atoms with E-state index in [0.717, 1.165) is 12.8 Å². The first-order valence-electron chi connectivity index (χ1n) is 19.4. The average Bonchev–Trinajstić information content (AvgIpc) is 3.48. The minimum absolute atomic E-state index is 0.0108. The fraction of sp³-hybridized carbons (Fsp3) is 0.333. The van der Waals surface area contributed by atoms with E-state index in [2.05, 4.69) is 79.2 Å². The van der Waals surface area contributed by atoms with Crippen LogP contribution in [0.25, 0.3) is 32.9 Å². The standard InChI is InChI=1S/C45H47F2N3O5Si/c1-6-34-36(46)20-17-28-23-31(54-27-52-5)24-35(39(28)34)42-41(47)43-40-37(25-38(51)48-43)50-22-21-30(19-18-29(50)26-53-44(40)49-42)55-56(45(2,3)4,32-13-9-7-10-14-32)33-15-11-8-12-16-33/h7-17,20,23-25,29-30H,6,18-19,21-22,26-27H2,1-5H3,(H,48,51)/t29-,30?/m0/s1. The number of rotatable bonds is 9. The number of fused-ring (bicyclic) bond motifs is 3. The van der Waals surface area contributed by atoms with Crippen LogP contribution < -0.4 is 30.3 Å². The van der Waals surface area contributed by atoms with Gasteiger partial charge in [-0.1, -0.05) is 94.4 Å². The first-order chi connectivity index (χ1) is 27.0. The molecular weight excluding hydrogens is 729 g/mol. The molecule has 0 radical (unpaired) electrons. The second-order valence-electron chi connectivity index (χ2n) is 15.8. The second kappa shape index (κ2) is 15.1. The Hall–Kier alpha value is -5.10. The zero-order chi connectivity index (χ0) is 39.2. The van der Waals surface area contributed by atoms with E-state index in [1.165, 1.54) is 29.6 Å². The van der Waals surface area contributed by atoms with E-state index in [0.29, 0.717) is 58.1 Å². The maximum Gasteiger partial charge on any atom is 0.261 e. The number of nitrogens with one attached hydrogen (secondary N) is 1. The number of methoxy groups -OCH3 is 1. The van der Waals surface area contributed by atoms with Gasteiger partial charge >= 0.3 is 0 Å². The van der Waals surface area contributed by atoms with Gasteiger partial charge in [0.15, 0.2) is 12.6 Å². The van der Waals surface area contributed by atoms with Crippen molar-refractivity contribution in [2.24, 2.45) is 0 Å². The summed E-state index contributed by atoms with van der Waals surface area (Å²) in [4.78, 5) is 23.2. The summed E-state index contributed by atoms with van der Waals surface area (Å²) in [7, 11) is -1.32. The molecule has 0 saturated carbocycles. The van der Waals surface area contributed by atoms with Crippen molar-refractivity contribution in [2.75, 3.05) is 32.0 Å². The molecule has 2 aliphatic heterocycles. The van der Waals surface area contributed by atoms with E-state index in [9.17, 15) is 4.79 Å². The van der Waals surface area contributed by atoms with Crippen LogP contribution in [0.5, 0.6) is 11.6 Å². The lowest BCUT2D eigenvalue weighted by Crippen LogP contribution is -2.67. The third-order valence-electron chi connectivity index (χ3n) is 11.4. The lowest BCUT2D eigenvalue weighted by molar-refractivity contribution is 0.0512. The number of halogens is 2. The van der Waals surface area contributed by atoms with E-state index in [1.807, 2.05) is 19.1 Å². The highest BCUT2D eigenvalue weighted by atomic mass is 28.4. The molecule has 2 atom stereocenters. The first-order valence-corrected chi connectivity index (χ1v) is 21.3. The molecule has 0 bridgehead atoms. The van der Waals surface area contributed by atoms with Gasteiger partial charge in [0.05, 0.1) is 22.6 Å². The molecule has 0 spiro atoms. The number of ether oxygens (including phenoxy) is 3. The minimum Gasteiger partial charge on any atom is -0.475 e. The molecule has 4 aromatic carbocycles. The SMILES string of the molecule is CCc1c(F)ccc2cc(OCOC)cc(-c3nc4c5c(cc(=O)[nH]c5c3F)N3CCC(O[Si](c5ccccc5)(c5ccccc5)C(C)(C)C)CC[C@H]3CO4)c12. The van der Waals surface area contributed by atoms with Crippen molar-refractivity contribution >= 4 is 46.1 Å². The normalized spacial score (nSPS) is 17.3. The summed E-state index contributed by atoms with van der Waals surface area (Å²) in [5, 5.41) is 3.84. The number of nitrogens with zero attached hydrogens (tertiary/aromatic N) is 2. The van der Waals surface area contributed by atoms with Crippen molar-refractivity contribution in [3.05, 3.63) is 119 Å². The van der Waals surface area contributed by atoms with E-state index in [4.69, 9.17) is 23.6 Å². The molecule has 11 heteroatoms. The third kappa shape index (κ3) is 6.55. The van der Waals surface area contributed by atoms with Crippen LogP contribution in [0.15, 0.2) is 95.8 Å². The summed E-state index contributed by atoms with van der Waals surface area (Å²) in [6, 6.07) is 29.1. The number of hydrogen-bond donors (Lipinski definition) is 1. The van der Waals surface area contributed by atoms with Gasteiger partial charge in [-0.2, -0.15) is 0 Å². The summed E-state index contributed by atoms with van der Waals surface area (Å²) in [6.07, 6.45) is 2.49. The Morgan fingerprint density at radius 3 is 2.30 bits per heavy atom. The van der Waals surface area contributed by atoms with Gasteiger partial charge in [-0.25, -0.2) is 13.8 Å². The van der Waals surface area contributed by atoms with Gasteiger partial charge in [0.25, 0.3) is 13.9 Å². The maximum absolute atomic E-state index is 17.1. The highest BCUT2D eigenvalue weighted by molar-refractivity contribution is 6.99. The first kappa shape index (κ1) is 37.8. The van der Waals surface area contributed by atoms with Gasteiger partial charge in [-0.05, 0) is 75.6 Å². The third-order valence-corrected chi connectivity index (χ3v) is 16.5. The Morgan fingerprint density at radius 1 is 0.929 bits per heavy atom. The van der Waals surface area contributed by atoms with Gasteiger partial charge in [0, 0.05) is 31.4 Å². The number of benzene rings is 4. The molecule has 0 amide bonds. The molecule has 0 aliphatic carbocycles. The summed E-state index contributed by atoms with van der Waals surface area (Å²) >= 11 is 0. The van der Waals surface area contributed by atoms with Gasteiger partial charge in [0.2, 0.25) is 5.88 Å². The lowest BCUT2D eigenvalue weighted by atomic mass is 9.94. The number of hydrogen-bond acceptors (Lipinski definition) is 7. The molecule has 1 N–H and O–H groups in total. The van der Waals surface area contributed by atoms with Gasteiger partial charge in [-0.3, -0.25) is 4.79 Å². The van der Waals surface area contributed by atoms with Crippen LogP contribution in [-0.4, -0.2) is 57.5 Å². The van der Waals surface area contributed by atoms with Crippen LogP contribution in [0, 0.1) is 11.6 Å². The van der Waals surface area contributed by atoms with Crippen LogP contribution >= 0.6 is 0 Å². The zero-order valence-electron chi connectivity index (χ0n) is 32.5. The smallest absolute Gasteiger partial charge is 0.261 e. The molecular formula is C45H47F2N3O5Si. The zero-order valence-corrected chi connectivity index (χ0v) is 33.5. The monoisotopic (exact) mass is 775 g/mol. The minimum atomic E-state index is -2.83. The van der Waals surface area contributed by atoms with E-state index < -0.39 is 25.5 Å². The summed E-state index contributed by atoms with van der Waals surface area (Å²) < 4.78 is 57.4. The van der Waals surface area contributed by atoms with Gasteiger partial charge in [0.1, 0.15) is 23.9 Å². The topological polar surface area (TPSA) is 85.9 Å². The number of anilines is 1. The quantitative estimate of drug-likeness (QED) is 0.117. The van der Waals surface area contributed by atoms with Crippen molar-refractivity contribution in [3.63, 3.8) is 0 Å². The number of aromatic amines is 1. The highest BCUT2D eigenvalue weighted by Gasteiger charge is 2.51. The Kier molecular flexibility index (Phi) is 10.2. The Morgan fingerprint density at radius 2 is 1.64 bits per heavy atom. The summed E-state index contributed by atoms with van der Waals surface area (Å²) in [6.45, 7) is 9.50. The molecule has 56 heavy (non-hydrogen) atoms. The van der Waals surface area contributed by atoms with Crippen molar-refractivity contribution in [2.45, 2.75) is 70.6 Å². The predicted molar refractivity (Wildman–Crippen MR) is 220 cm³/mol. The molecule has 2 aromatic heterocycles. The van der Waals surface area contributed by atoms with Gasteiger partial charge in [-0.15, -0.1) is 0 Å². The predicted octanol–water partition coefficient (Wildman–Crippen LogP) is 8.26. The molecule has 2 aliphatic rings. The number of aryl methyl sites for hydroxylation is 1. The molecule has 1 saturated heterocycles. The number of H-pyrrole nitrogens is 1. The van der Waals surface area contributed by atoms with E-state index >= 15 is 8.78 Å². The van der Waals surface area contributed by atoms with E-state index in [-0.39, 0.29) is 47.7 Å². The van der Waals surface area contributed by atoms with Crippen LogP contribution in [0.2, 0.25) is 5.04 Å². The lowest BCUT2D eigenvalue weighted by Gasteiger charge is -2.45. The van der Waals surface area contributed by atoms with Crippen LogP contribution in [0.1, 0.15) is 52.5 Å². The fourth-order valence-corrected chi connectivity index (χ4v) is 13.6. The summed E-state index contributed by atoms with van der Waals surface area (Å²) in [5.41, 5.74) is 0.814. The molecule has 1 unspecified atom stereocenters. The van der Waals surface area contributed by atoms with Crippen LogP contribution in [-0.2, 0) is 15.6 Å². The molecule has 8 nitrogen and oxygen atoms in total. The fourth-order valence-electron chi connectivity index (χ4n) is 8.86. The van der Waals surface area contributed by atoms with Crippen LogP contribution in [0.4, 0.5) is 14.5 Å². The highest BCUT2D eigenvalue weighted by Crippen LogP contribution is 2.45. The van der Waals surface area contributed by atoms with Crippen molar-refractivity contribution < 1.29 is 27.4 Å². The number of pyridine rings is 2. The van der Waals surface area contributed by atoms with E-state index in [1.54, 1.807) is 18.2 Å². The molecule has 8 rings (SSSR count). The van der Waals surface area contributed by atoms with Crippen molar-refractivity contribution in [1.82, 2.24) is 9.97 Å². The molecule has 290 valence electrons. The Bertz CT molecular complexity index is 2420. The summed E-state index contributed by atoms with van der Waals surface area (Å²) in [5.74, 6) is -0.518. The average molecular weight is 776 g/mol. The van der Waals surface area contributed by atoms with Crippen LogP contribution in [0.3, 0.4) is 0 Å². The Labute approximate surface area is 326 Å². The van der Waals surface area contributed by atoms with Gasteiger partial charge < -0.3 is 28.5 Å². The molecule has 6 aromatic rings. The molecule has 1 fully saturated rings. The largest absolute Gasteiger partial charge is 0.475 e. The van der Waals surface area contributed by atoms with Crippen molar-refractivity contribution in [3.8, 4) is 22.9 Å².